The maximum absolute atomic E-state index is 13.1. The van der Waals surface area contributed by atoms with Crippen LogP contribution < -0.4 is 22.3 Å². The van der Waals surface area contributed by atoms with Gasteiger partial charge in [0.2, 0.25) is 5.55 Å². The second-order valence-electron chi connectivity index (χ2n) is 6.22. The molecule has 0 saturated heterocycles. The Kier molecular flexibility index (Phi) is 4.92. The van der Waals surface area contributed by atoms with E-state index in [1.807, 2.05) is 0 Å². The number of hydrogen-bond acceptors (Lipinski definition) is 9. The van der Waals surface area contributed by atoms with E-state index in [4.69, 9.17) is 40.7 Å². The zero-order valence-corrected chi connectivity index (χ0v) is 16.7. The third-order valence-corrected chi connectivity index (χ3v) is 4.99. The zero-order valence-electron chi connectivity index (χ0n) is 15.9. The van der Waals surface area contributed by atoms with E-state index in [2.05, 4.69) is 0 Å². The zero-order chi connectivity index (χ0) is 21.4. The average Bonchev–Trinajstić information content (AvgIpc) is 3.50. The van der Waals surface area contributed by atoms with Crippen molar-refractivity contribution >= 4 is 40.7 Å². The second kappa shape index (κ2) is 7.56. The van der Waals surface area contributed by atoms with E-state index in [0.717, 1.165) is 4.57 Å². The van der Waals surface area contributed by atoms with Crippen molar-refractivity contribution in [2.45, 2.75) is 5.92 Å². The number of esters is 1. The van der Waals surface area contributed by atoms with Crippen LogP contribution in [-0.2, 0) is 14.3 Å². The smallest absolute Gasteiger partial charge is 0.338 e. The normalized spacial score (nSPS) is 16.5. The number of nitrogens with two attached hydrogens (primary N) is 1. The molecule has 2 N–H and O–H groups in total. The van der Waals surface area contributed by atoms with Crippen molar-refractivity contribution < 1.29 is 27.5 Å². The number of hydrogen-bond donors (Lipinski definition) is 1. The van der Waals surface area contributed by atoms with Crippen molar-refractivity contribution in [3.05, 3.63) is 75.2 Å². The molecule has 0 saturated carbocycles. The van der Waals surface area contributed by atoms with Crippen LogP contribution in [0.4, 0.5) is 0 Å². The number of oxazole rings is 1. The van der Waals surface area contributed by atoms with Gasteiger partial charge < -0.3 is 28.5 Å². The quantitative estimate of drug-likeness (QED) is 0.472. The summed E-state index contributed by atoms with van der Waals surface area (Å²) in [4.78, 5) is 25.7. The van der Waals surface area contributed by atoms with Gasteiger partial charge in [-0.1, -0.05) is 0 Å². The number of thiocarbonyl (C=S) groups is 1. The molecule has 1 atom stereocenters. The first-order chi connectivity index (χ1) is 14.5. The van der Waals surface area contributed by atoms with Gasteiger partial charge in [-0.05, 0) is 36.5 Å². The summed E-state index contributed by atoms with van der Waals surface area (Å²) >= 11 is 5.36. The molecule has 9 nitrogen and oxygen atoms in total. The van der Waals surface area contributed by atoms with Gasteiger partial charge >= 0.3 is 11.5 Å². The Balaban J connectivity index is 2.14. The summed E-state index contributed by atoms with van der Waals surface area (Å²) in [5, 5.41) is -0.00245. The fourth-order valence-electron chi connectivity index (χ4n) is 3.31. The second-order valence-corrected chi connectivity index (χ2v) is 6.59. The largest absolute Gasteiger partial charge is 0.486 e. The van der Waals surface area contributed by atoms with E-state index in [1.54, 1.807) is 24.3 Å². The van der Waals surface area contributed by atoms with Gasteiger partial charge in [0.05, 0.1) is 43.8 Å². The van der Waals surface area contributed by atoms with Gasteiger partial charge in [0.15, 0.2) is 10.5 Å². The first kappa shape index (κ1) is 19.5. The Hall–Kier alpha value is -3.79. The number of methoxy groups -OCH3 is 2. The number of furan rings is 2. The molecule has 4 rings (SSSR count). The van der Waals surface area contributed by atoms with Crippen molar-refractivity contribution in [3.8, 4) is 0 Å². The van der Waals surface area contributed by atoms with Crippen molar-refractivity contribution in [2.75, 3.05) is 14.2 Å². The lowest BCUT2D eigenvalue weighted by atomic mass is 9.87. The van der Waals surface area contributed by atoms with E-state index >= 15 is 0 Å². The molecule has 0 aromatic carbocycles. The van der Waals surface area contributed by atoms with E-state index < -0.39 is 17.4 Å². The first-order valence-corrected chi connectivity index (χ1v) is 9.10. The molecular weight excluding hydrogens is 412 g/mol. The molecule has 1 unspecified atom stereocenters. The van der Waals surface area contributed by atoms with E-state index in [0.29, 0.717) is 11.5 Å². The van der Waals surface area contributed by atoms with Gasteiger partial charge in [0.25, 0.3) is 0 Å². The Labute approximate surface area is 174 Å². The Bertz CT molecular complexity index is 1320. The molecule has 0 spiro atoms. The predicted molar refractivity (Wildman–Crippen MR) is 108 cm³/mol. The number of carbonyl (C=O) groups excluding carboxylic acids is 1. The first-order valence-electron chi connectivity index (χ1n) is 8.69. The molecule has 3 aromatic heterocycles. The van der Waals surface area contributed by atoms with Crippen molar-refractivity contribution in [1.82, 2.24) is 4.57 Å². The van der Waals surface area contributed by atoms with Gasteiger partial charge in [-0.2, -0.15) is 0 Å². The fraction of sp³-hybridized carbons (Fsp3) is 0.150. The molecule has 30 heavy (non-hydrogen) atoms. The summed E-state index contributed by atoms with van der Waals surface area (Å²) in [6.45, 7) is 0. The average molecular weight is 428 g/mol. The lowest BCUT2D eigenvalue weighted by Crippen LogP contribution is -2.41. The summed E-state index contributed by atoms with van der Waals surface area (Å²) in [6.07, 6.45) is 4.31. The SMILES string of the molecule is COC(=O)C1=C(N)n2c(oc(=Cc3ccco3)c2=O)=C(C(=S)OC)C1c1ccco1. The fourth-order valence-corrected chi connectivity index (χ4v) is 3.51. The van der Waals surface area contributed by atoms with Gasteiger partial charge in [0, 0.05) is 6.08 Å². The molecule has 0 aliphatic carbocycles. The molecule has 4 heterocycles. The molecule has 10 heteroatoms. The Morgan fingerprint density at radius 3 is 2.50 bits per heavy atom. The van der Waals surface area contributed by atoms with Crippen LogP contribution in [0.25, 0.3) is 17.5 Å². The molecule has 3 aromatic rings. The summed E-state index contributed by atoms with van der Waals surface area (Å²) in [5.74, 6) is -1.07. The highest BCUT2D eigenvalue weighted by Crippen LogP contribution is 2.37. The molecule has 0 amide bonds. The van der Waals surface area contributed by atoms with Gasteiger partial charge in [-0.25, -0.2) is 9.36 Å². The minimum atomic E-state index is -0.901. The molecule has 154 valence electrons. The van der Waals surface area contributed by atoms with Crippen LogP contribution in [0, 0.1) is 0 Å². The van der Waals surface area contributed by atoms with E-state index in [1.165, 1.54) is 32.8 Å². The number of fused-ring (bicyclic) bond motifs is 1. The highest BCUT2D eigenvalue weighted by molar-refractivity contribution is 7.81. The van der Waals surface area contributed by atoms with E-state index in [9.17, 15) is 9.59 Å². The van der Waals surface area contributed by atoms with Gasteiger partial charge in [0.1, 0.15) is 17.3 Å². The van der Waals surface area contributed by atoms with Crippen LogP contribution in [0.1, 0.15) is 17.4 Å². The minimum absolute atomic E-state index is 0.00245. The van der Waals surface area contributed by atoms with Crippen molar-refractivity contribution in [2.24, 2.45) is 5.73 Å². The monoisotopic (exact) mass is 428 g/mol. The minimum Gasteiger partial charge on any atom is -0.486 e. The molecule has 0 fully saturated rings. The predicted octanol–water partition coefficient (Wildman–Crippen LogP) is 0.678. The summed E-state index contributed by atoms with van der Waals surface area (Å²) in [7, 11) is 2.58. The van der Waals surface area contributed by atoms with Crippen molar-refractivity contribution in [1.29, 1.82) is 0 Å². The van der Waals surface area contributed by atoms with Crippen LogP contribution >= 0.6 is 12.2 Å². The van der Waals surface area contributed by atoms with Gasteiger partial charge in [-0.15, -0.1) is 0 Å². The summed E-state index contributed by atoms with van der Waals surface area (Å²) < 4.78 is 27.8. The van der Waals surface area contributed by atoms with Crippen LogP contribution in [0.15, 0.2) is 60.4 Å². The van der Waals surface area contributed by atoms with Crippen molar-refractivity contribution in [3.63, 3.8) is 0 Å². The summed E-state index contributed by atoms with van der Waals surface area (Å²) in [5.41, 5.74) is 5.82. The van der Waals surface area contributed by atoms with Crippen LogP contribution in [0.5, 0.6) is 0 Å². The number of nitrogens with zero attached hydrogens (tertiary/aromatic N) is 1. The number of ether oxygens (including phenoxy) is 2. The molecule has 1 aliphatic heterocycles. The van der Waals surface area contributed by atoms with Gasteiger partial charge in [-0.3, -0.25) is 4.79 Å². The number of aromatic nitrogens is 1. The third-order valence-electron chi connectivity index (χ3n) is 4.60. The topological polar surface area (TPSA) is 123 Å². The Morgan fingerprint density at radius 1 is 1.17 bits per heavy atom. The number of carbonyl (C=O) groups is 1. The highest BCUT2D eigenvalue weighted by Gasteiger charge is 2.40. The maximum Gasteiger partial charge on any atom is 0.338 e. The molecule has 0 bridgehead atoms. The highest BCUT2D eigenvalue weighted by atomic mass is 32.1. The molecule has 1 aliphatic rings. The lowest BCUT2D eigenvalue weighted by Gasteiger charge is -2.24. The Morgan fingerprint density at radius 2 is 1.90 bits per heavy atom. The third kappa shape index (κ3) is 2.98. The standard InChI is InChI=1S/C20H16N2O7S/c1-25-19(24)14-13(11-6-4-8-28-11)15(20(30)26-2)18-22(16(14)21)17(23)12(29-18)9-10-5-3-7-27-10/h3-9,13H,21H2,1-2H3. The molecule has 0 radical (unpaired) electrons. The van der Waals surface area contributed by atoms with Crippen LogP contribution in [-0.4, -0.2) is 29.8 Å². The number of rotatable bonds is 4. The summed E-state index contributed by atoms with van der Waals surface area (Å²) in [6, 6.07) is 6.61. The van der Waals surface area contributed by atoms with Crippen LogP contribution in [0.3, 0.4) is 0 Å². The van der Waals surface area contributed by atoms with E-state index in [-0.39, 0.29) is 33.0 Å². The van der Waals surface area contributed by atoms with Crippen LogP contribution in [0.2, 0.25) is 0 Å². The lowest BCUT2D eigenvalue weighted by molar-refractivity contribution is -0.136. The maximum atomic E-state index is 13.1. The molecular formula is C20H16N2O7S.